The van der Waals surface area contributed by atoms with E-state index in [1.165, 1.54) is 0 Å². The monoisotopic (exact) mass is 573 g/mol. The van der Waals surface area contributed by atoms with Crippen LogP contribution in [0.25, 0.3) is 22.2 Å². The van der Waals surface area contributed by atoms with Crippen LogP contribution >= 0.6 is 35.6 Å². The molecule has 0 spiro atoms. The molecule has 0 saturated carbocycles. The zero-order valence-electron chi connectivity index (χ0n) is 21.4. The van der Waals surface area contributed by atoms with Gasteiger partial charge in [0.2, 0.25) is 0 Å². The molecule has 4 aromatic rings. The molecule has 1 saturated heterocycles. The van der Waals surface area contributed by atoms with Gasteiger partial charge in [0.15, 0.2) is 0 Å². The van der Waals surface area contributed by atoms with Gasteiger partial charge in [0.05, 0.1) is 15.6 Å². The number of aromatic nitrogens is 3. The highest BCUT2D eigenvalue weighted by Crippen LogP contribution is 2.35. The van der Waals surface area contributed by atoms with Crippen LogP contribution in [0.3, 0.4) is 0 Å². The third-order valence-electron chi connectivity index (χ3n) is 6.88. The number of hydrogen-bond donors (Lipinski definition) is 1. The highest BCUT2D eigenvalue weighted by molar-refractivity contribution is 6.35. The second kappa shape index (κ2) is 11.9. The minimum atomic E-state index is -0.372. The predicted molar refractivity (Wildman–Crippen MR) is 155 cm³/mol. The van der Waals surface area contributed by atoms with Crippen molar-refractivity contribution in [2.24, 2.45) is 0 Å². The average molecular weight is 575 g/mol. The number of nitrogens with one attached hydrogen (secondary N) is 1. The number of fused-ring (bicyclic) bond motifs is 1. The molecule has 3 heterocycles. The van der Waals surface area contributed by atoms with E-state index in [0.717, 1.165) is 48.3 Å². The molecule has 0 aliphatic carbocycles. The molecule has 2 aromatic heterocycles. The van der Waals surface area contributed by atoms with Gasteiger partial charge < -0.3 is 9.64 Å². The highest BCUT2D eigenvalue weighted by Gasteiger charge is 2.23. The Hall–Kier alpha value is -2.84. The minimum absolute atomic E-state index is 0. The zero-order chi connectivity index (χ0) is 26.1. The molecule has 200 valence electrons. The van der Waals surface area contributed by atoms with Crippen molar-refractivity contribution in [2.45, 2.75) is 32.9 Å². The molecule has 0 bridgehead atoms. The van der Waals surface area contributed by atoms with Crippen LogP contribution in [-0.2, 0) is 0 Å². The third-order valence-corrected chi connectivity index (χ3v) is 7.48. The Balaban J connectivity index is 0.00000336. The lowest BCUT2D eigenvalue weighted by molar-refractivity contribution is 0.0595. The lowest BCUT2D eigenvalue weighted by Gasteiger charge is -2.37. The van der Waals surface area contributed by atoms with Crippen LogP contribution in [0.1, 0.15) is 42.8 Å². The molecule has 2 aromatic carbocycles. The normalized spacial score (nSPS) is 14.9. The van der Waals surface area contributed by atoms with E-state index in [2.05, 4.69) is 33.9 Å². The van der Waals surface area contributed by atoms with Crippen molar-refractivity contribution in [2.75, 3.05) is 26.2 Å². The van der Waals surface area contributed by atoms with Gasteiger partial charge in [-0.25, -0.2) is 0 Å². The summed E-state index contributed by atoms with van der Waals surface area (Å²) >= 11 is 12.6. The van der Waals surface area contributed by atoms with Crippen molar-refractivity contribution >= 4 is 52.4 Å². The minimum Gasteiger partial charge on any atom is -0.486 e. The van der Waals surface area contributed by atoms with E-state index in [0.29, 0.717) is 33.0 Å². The van der Waals surface area contributed by atoms with E-state index in [1.807, 2.05) is 54.3 Å². The number of benzene rings is 2. The second-order valence-corrected chi connectivity index (χ2v) is 10.4. The lowest BCUT2D eigenvalue weighted by Crippen LogP contribution is -2.50. The third kappa shape index (κ3) is 5.76. The second-order valence-electron chi connectivity index (χ2n) is 9.56. The summed E-state index contributed by atoms with van der Waals surface area (Å²) in [6.07, 6.45) is 2.74. The van der Waals surface area contributed by atoms with Crippen molar-refractivity contribution in [1.29, 1.82) is 0 Å². The molecular formula is C28H30Cl3N5O2. The summed E-state index contributed by atoms with van der Waals surface area (Å²) in [6.45, 7) is 9.59. The topological polar surface area (TPSA) is 74.3 Å². The molecule has 0 radical (unpaired) electrons. The van der Waals surface area contributed by atoms with Crippen LogP contribution in [0.2, 0.25) is 10.0 Å². The van der Waals surface area contributed by atoms with E-state index >= 15 is 0 Å². The summed E-state index contributed by atoms with van der Waals surface area (Å²) < 4.78 is 6.18. The molecule has 1 amide bonds. The van der Waals surface area contributed by atoms with Gasteiger partial charge in [-0.05, 0) is 51.1 Å². The number of hydrogen-bond acceptors (Lipinski definition) is 5. The number of H-pyrrole nitrogens is 1. The van der Waals surface area contributed by atoms with Crippen LogP contribution in [0.5, 0.6) is 5.75 Å². The molecule has 1 unspecified atom stereocenters. The molecule has 1 atom stereocenters. The van der Waals surface area contributed by atoms with Gasteiger partial charge in [-0.1, -0.05) is 35.3 Å². The SMILES string of the molecule is CC(Oc1ccc2[nH]nc(-c3ccc(C(=O)N4CCN(C(C)C)CC4)cc3)c2c1)c1c(Cl)cncc1Cl.Cl. The van der Waals surface area contributed by atoms with Crippen molar-refractivity contribution < 1.29 is 9.53 Å². The van der Waals surface area contributed by atoms with Crippen LogP contribution in [0.4, 0.5) is 0 Å². The standard InChI is InChI=1S/C28H29Cl2N5O2.ClH/c1-17(2)34-10-12-35(13-11-34)28(36)20-6-4-19(5-7-20)27-22-14-21(8-9-25(22)32-33-27)37-18(3)26-23(29)15-31-16-24(26)30;/h4-9,14-18H,10-13H2,1-3H3,(H,32,33);1H. The number of carbonyl (C=O) groups is 1. The molecule has 1 aliphatic heterocycles. The maximum absolute atomic E-state index is 13.0. The number of pyridine rings is 1. The molecule has 10 heteroatoms. The van der Waals surface area contributed by atoms with Crippen LogP contribution in [-0.4, -0.2) is 63.1 Å². The first-order chi connectivity index (χ1) is 17.8. The molecule has 5 rings (SSSR count). The van der Waals surface area contributed by atoms with Crippen molar-refractivity contribution in [3.05, 3.63) is 76.0 Å². The number of piperazine rings is 1. The summed E-state index contributed by atoms with van der Waals surface area (Å²) in [5.74, 6) is 0.735. The fraction of sp³-hybridized carbons (Fsp3) is 0.321. The lowest BCUT2D eigenvalue weighted by atomic mass is 10.0. The number of halogens is 3. The number of amides is 1. The zero-order valence-corrected chi connectivity index (χ0v) is 23.8. The summed E-state index contributed by atoms with van der Waals surface area (Å²) in [7, 11) is 0. The van der Waals surface area contributed by atoms with E-state index in [4.69, 9.17) is 27.9 Å². The Kier molecular flexibility index (Phi) is 8.83. The first-order valence-electron chi connectivity index (χ1n) is 12.4. The molecule has 7 nitrogen and oxygen atoms in total. The molecule has 1 aliphatic rings. The van der Waals surface area contributed by atoms with Crippen molar-refractivity contribution in [1.82, 2.24) is 25.0 Å². The van der Waals surface area contributed by atoms with Crippen molar-refractivity contribution in [3.63, 3.8) is 0 Å². The first-order valence-corrected chi connectivity index (χ1v) is 13.1. The summed E-state index contributed by atoms with van der Waals surface area (Å²) in [6, 6.07) is 13.9. The quantitative estimate of drug-likeness (QED) is 0.279. The maximum atomic E-state index is 13.0. The summed E-state index contributed by atoms with van der Waals surface area (Å²) in [5.41, 5.74) is 3.97. The van der Waals surface area contributed by atoms with Crippen LogP contribution in [0, 0.1) is 0 Å². The molecule has 38 heavy (non-hydrogen) atoms. The maximum Gasteiger partial charge on any atom is 0.253 e. The number of nitrogens with zero attached hydrogens (tertiary/aromatic N) is 4. The van der Waals surface area contributed by atoms with Crippen molar-refractivity contribution in [3.8, 4) is 17.0 Å². The molecular weight excluding hydrogens is 545 g/mol. The summed E-state index contributed by atoms with van der Waals surface area (Å²) in [4.78, 5) is 21.4. The van der Waals surface area contributed by atoms with Gasteiger partial charge in [-0.2, -0.15) is 5.10 Å². The predicted octanol–water partition coefficient (Wildman–Crippen LogP) is 6.66. The molecule has 1 fully saturated rings. The largest absolute Gasteiger partial charge is 0.486 e. The van der Waals surface area contributed by atoms with Gasteiger partial charge in [-0.3, -0.25) is 19.8 Å². The fourth-order valence-corrected chi connectivity index (χ4v) is 5.43. The average Bonchev–Trinajstić information content (AvgIpc) is 3.31. The van der Waals surface area contributed by atoms with E-state index in [1.54, 1.807) is 12.4 Å². The number of ether oxygens (including phenoxy) is 1. The van der Waals surface area contributed by atoms with Gasteiger partial charge in [0.25, 0.3) is 5.91 Å². The first kappa shape index (κ1) is 28.2. The Morgan fingerprint density at radius 1 is 0.974 bits per heavy atom. The number of rotatable bonds is 6. The Labute approximate surface area is 238 Å². The van der Waals surface area contributed by atoms with Gasteiger partial charge in [0, 0.05) is 66.7 Å². The van der Waals surface area contributed by atoms with Crippen LogP contribution < -0.4 is 4.74 Å². The fourth-order valence-electron chi connectivity index (χ4n) is 4.75. The van der Waals surface area contributed by atoms with E-state index < -0.39 is 0 Å². The smallest absolute Gasteiger partial charge is 0.253 e. The number of carbonyl (C=O) groups excluding carboxylic acids is 1. The Morgan fingerprint density at radius 3 is 2.26 bits per heavy atom. The van der Waals surface area contributed by atoms with E-state index in [9.17, 15) is 4.79 Å². The summed E-state index contributed by atoms with van der Waals surface area (Å²) in [5, 5.41) is 9.45. The van der Waals surface area contributed by atoms with Gasteiger partial charge in [0.1, 0.15) is 17.5 Å². The molecule has 1 N–H and O–H groups in total. The van der Waals surface area contributed by atoms with Gasteiger partial charge in [-0.15, -0.1) is 12.4 Å². The van der Waals surface area contributed by atoms with Crippen LogP contribution in [0.15, 0.2) is 54.9 Å². The van der Waals surface area contributed by atoms with E-state index in [-0.39, 0.29) is 24.4 Å². The Morgan fingerprint density at radius 2 is 1.63 bits per heavy atom. The number of aromatic amines is 1. The van der Waals surface area contributed by atoms with Gasteiger partial charge >= 0.3 is 0 Å². The Bertz CT molecular complexity index is 1400. The highest BCUT2D eigenvalue weighted by atomic mass is 35.5.